The highest BCUT2D eigenvalue weighted by Gasteiger charge is 2.28. The molecule has 0 aliphatic heterocycles. The van der Waals surface area contributed by atoms with Crippen LogP contribution in [-0.2, 0) is 0 Å². The van der Waals surface area contributed by atoms with E-state index in [9.17, 15) is 0 Å². The molecule has 0 saturated heterocycles. The molecule has 0 unspecified atom stereocenters. The first-order valence-electron chi connectivity index (χ1n) is 17.3. The van der Waals surface area contributed by atoms with Gasteiger partial charge in [-0.3, -0.25) is 4.57 Å². The maximum Gasteiger partial charge on any atom is 0.165 e. The van der Waals surface area contributed by atoms with Gasteiger partial charge >= 0.3 is 0 Å². The molecule has 0 atom stereocenters. The van der Waals surface area contributed by atoms with Gasteiger partial charge < -0.3 is 8.82 Å². The third-order valence-corrected chi connectivity index (χ3v) is 11.2. The molecule has 0 bridgehead atoms. The fraction of sp³-hybridized carbons (Fsp3) is 0. The van der Waals surface area contributed by atoms with Gasteiger partial charge in [-0.25, -0.2) is 9.97 Å². The zero-order valence-electron chi connectivity index (χ0n) is 27.1. The zero-order valence-corrected chi connectivity index (χ0v) is 27.1. The lowest BCUT2D eigenvalue weighted by Crippen LogP contribution is -2.04. The van der Waals surface area contributed by atoms with E-state index in [0.29, 0.717) is 0 Å². The highest BCUT2D eigenvalue weighted by molar-refractivity contribution is 6.37. The Hall–Kier alpha value is -6.98. The van der Waals surface area contributed by atoms with Gasteiger partial charge in [0.15, 0.2) is 5.82 Å². The van der Waals surface area contributed by atoms with Gasteiger partial charge in [0.2, 0.25) is 0 Å². The minimum Gasteiger partial charge on any atom is -0.456 e. The largest absolute Gasteiger partial charge is 0.456 e. The smallest absolute Gasteiger partial charge is 0.165 e. The van der Waals surface area contributed by atoms with E-state index in [4.69, 9.17) is 14.4 Å². The van der Waals surface area contributed by atoms with E-state index >= 15 is 0 Å². The Morgan fingerprint density at radius 2 is 1.18 bits per heavy atom. The summed E-state index contributed by atoms with van der Waals surface area (Å²) in [6.07, 6.45) is 0. The molecule has 13 rings (SSSR count). The van der Waals surface area contributed by atoms with Crippen molar-refractivity contribution in [3.63, 3.8) is 0 Å². The van der Waals surface area contributed by atoms with Crippen LogP contribution in [-0.4, -0.2) is 18.9 Å². The minimum absolute atomic E-state index is 0.807. The van der Waals surface area contributed by atoms with Crippen LogP contribution in [0.1, 0.15) is 0 Å². The van der Waals surface area contributed by atoms with Gasteiger partial charge in [-0.15, -0.1) is 0 Å². The van der Waals surface area contributed by atoms with Gasteiger partial charge in [-0.2, -0.15) is 0 Å². The lowest BCUT2D eigenvalue weighted by molar-refractivity contribution is 0.669. The normalized spacial score (nSPS) is 12.7. The first-order valence-corrected chi connectivity index (χ1v) is 17.3. The lowest BCUT2D eigenvalue weighted by Gasteiger charge is -2.15. The SMILES string of the molecule is c1ccc2cc(-c3nc4ccc5ccccc5c4nc3-n3c4ccc5oc6ccc7c8ccccc8n8c9cccc3c9c4c5c6c78)ccc2c1. The van der Waals surface area contributed by atoms with Crippen molar-refractivity contribution < 1.29 is 4.42 Å². The number of fused-ring (bicyclic) bond motifs is 8. The molecule has 0 fully saturated rings. The third-order valence-electron chi connectivity index (χ3n) is 11.2. The molecule has 8 aromatic carbocycles. The van der Waals surface area contributed by atoms with Crippen LogP contribution in [0, 0.1) is 0 Å². The molecular formula is C46H24N4O. The van der Waals surface area contributed by atoms with Gasteiger partial charge in [0.25, 0.3) is 0 Å². The number of para-hydroxylation sites is 1. The first-order chi connectivity index (χ1) is 25.3. The van der Waals surface area contributed by atoms with E-state index < -0.39 is 0 Å². The highest BCUT2D eigenvalue weighted by atomic mass is 16.3. The van der Waals surface area contributed by atoms with Crippen LogP contribution in [0.4, 0.5) is 0 Å². The number of aromatic nitrogens is 4. The zero-order chi connectivity index (χ0) is 32.9. The molecule has 0 aliphatic rings. The van der Waals surface area contributed by atoms with E-state index in [2.05, 4.69) is 155 Å². The first kappa shape index (κ1) is 26.0. The van der Waals surface area contributed by atoms with Crippen molar-refractivity contribution in [2.45, 2.75) is 0 Å². The fourth-order valence-electron chi connectivity index (χ4n) is 9.06. The van der Waals surface area contributed by atoms with Crippen LogP contribution in [0.5, 0.6) is 0 Å². The van der Waals surface area contributed by atoms with Crippen molar-refractivity contribution in [3.8, 4) is 17.1 Å². The van der Waals surface area contributed by atoms with Crippen LogP contribution in [0.3, 0.4) is 0 Å². The van der Waals surface area contributed by atoms with E-state index in [1.807, 2.05) is 0 Å². The van der Waals surface area contributed by atoms with Crippen molar-refractivity contribution in [1.29, 1.82) is 0 Å². The number of rotatable bonds is 2. The third kappa shape index (κ3) is 3.13. The molecule has 5 aromatic heterocycles. The Bertz CT molecular complexity index is 3600. The minimum atomic E-state index is 0.807. The summed E-state index contributed by atoms with van der Waals surface area (Å²) < 4.78 is 11.4. The Kier molecular flexibility index (Phi) is 4.57. The van der Waals surface area contributed by atoms with Crippen LogP contribution >= 0.6 is 0 Å². The molecule has 13 aromatic rings. The van der Waals surface area contributed by atoms with Gasteiger partial charge in [-0.1, -0.05) is 91.0 Å². The standard InChI is InChI=1S/C46H24N4O/c1-2-10-27-24-28(17-16-25(27)8-1)43-46(48-44-29-11-4-3-9-26(29)18-20-32(44)47-43)50-35-15-7-14-34-39(35)40-36(50)21-23-37-41(40)42-38(51-37)22-19-31-30-12-5-6-13-33(30)49(34)45(31)42/h1-24H. The van der Waals surface area contributed by atoms with Gasteiger partial charge in [0.1, 0.15) is 16.9 Å². The average Bonchev–Trinajstić information content (AvgIpc) is 3.81. The number of nitrogens with zero attached hydrogens (tertiary/aromatic N) is 4. The summed E-state index contributed by atoms with van der Waals surface area (Å²) in [5.41, 5.74) is 11.1. The quantitative estimate of drug-likeness (QED) is 0.175. The second kappa shape index (κ2) is 8.97. The van der Waals surface area contributed by atoms with Crippen LogP contribution in [0.2, 0.25) is 0 Å². The molecule has 0 amide bonds. The second-order valence-electron chi connectivity index (χ2n) is 13.7. The molecule has 5 heteroatoms. The van der Waals surface area contributed by atoms with E-state index in [1.165, 1.54) is 43.4 Å². The van der Waals surface area contributed by atoms with E-state index in [-0.39, 0.29) is 0 Å². The van der Waals surface area contributed by atoms with E-state index in [1.54, 1.807) is 0 Å². The summed E-state index contributed by atoms with van der Waals surface area (Å²) >= 11 is 0. The predicted octanol–water partition coefficient (Wildman–Crippen LogP) is 12.0. The Labute approximate surface area is 288 Å². The summed E-state index contributed by atoms with van der Waals surface area (Å²) in [7, 11) is 0. The van der Waals surface area contributed by atoms with Crippen molar-refractivity contribution in [3.05, 3.63) is 146 Å². The fourth-order valence-corrected chi connectivity index (χ4v) is 9.06. The molecule has 0 aliphatic carbocycles. The summed E-state index contributed by atoms with van der Waals surface area (Å²) in [5.74, 6) is 0.807. The number of hydrogen-bond donors (Lipinski definition) is 0. The lowest BCUT2D eigenvalue weighted by atomic mass is 10.0. The molecule has 5 nitrogen and oxygen atoms in total. The Balaban J connectivity index is 1.27. The van der Waals surface area contributed by atoms with Gasteiger partial charge in [-0.05, 0) is 70.8 Å². The monoisotopic (exact) mass is 648 g/mol. The van der Waals surface area contributed by atoms with Gasteiger partial charge in [0, 0.05) is 37.9 Å². The summed E-state index contributed by atoms with van der Waals surface area (Å²) in [5, 5.41) is 11.7. The average molecular weight is 649 g/mol. The summed E-state index contributed by atoms with van der Waals surface area (Å²) in [4.78, 5) is 11.1. The number of furan rings is 1. The molecule has 0 spiro atoms. The van der Waals surface area contributed by atoms with Crippen molar-refractivity contribution in [2.24, 2.45) is 0 Å². The molecule has 0 N–H and O–H groups in total. The number of hydrogen-bond acceptors (Lipinski definition) is 3. The Morgan fingerprint density at radius 1 is 0.451 bits per heavy atom. The summed E-state index contributed by atoms with van der Waals surface area (Å²) in [6, 6.07) is 52.0. The van der Waals surface area contributed by atoms with Crippen LogP contribution in [0.25, 0.3) is 121 Å². The topological polar surface area (TPSA) is 48.3 Å². The summed E-state index contributed by atoms with van der Waals surface area (Å²) in [6.45, 7) is 0. The second-order valence-corrected chi connectivity index (χ2v) is 13.7. The maximum absolute atomic E-state index is 6.64. The number of benzene rings is 8. The van der Waals surface area contributed by atoms with Crippen LogP contribution < -0.4 is 0 Å². The maximum atomic E-state index is 6.64. The Morgan fingerprint density at radius 3 is 2.12 bits per heavy atom. The molecule has 51 heavy (non-hydrogen) atoms. The van der Waals surface area contributed by atoms with Crippen LogP contribution in [0.15, 0.2) is 150 Å². The predicted molar refractivity (Wildman–Crippen MR) is 210 cm³/mol. The molecule has 234 valence electrons. The van der Waals surface area contributed by atoms with Crippen molar-refractivity contribution >= 4 is 104 Å². The van der Waals surface area contributed by atoms with E-state index in [0.717, 1.165) is 77.4 Å². The van der Waals surface area contributed by atoms with Gasteiger partial charge in [0.05, 0.1) is 44.0 Å². The molecular weight excluding hydrogens is 625 g/mol. The molecule has 0 radical (unpaired) electrons. The van der Waals surface area contributed by atoms with Crippen molar-refractivity contribution in [2.75, 3.05) is 0 Å². The molecule has 5 heterocycles. The van der Waals surface area contributed by atoms with Crippen molar-refractivity contribution in [1.82, 2.24) is 18.9 Å². The highest BCUT2D eigenvalue weighted by Crippen LogP contribution is 2.49. The molecule has 0 saturated carbocycles.